The third-order valence-corrected chi connectivity index (χ3v) is 11.9. The van der Waals surface area contributed by atoms with Crippen molar-refractivity contribution in [2.24, 2.45) is 5.92 Å². The van der Waals surface area contributed by atoms with E-state index in [1.165, 1.54) is 4.90 Å². The van der Waals surface area contributed by atoms with Crippen molar-refractivity contribution in [3.05, 3.63) is 35.9 Å². The van der Waals surface area contributed by atoms with Crippen molar-refractivity contribution in [1.29, 1.82) is 0 Å². The number of alkyl carbamates (subject to hydrolysis) is 1. The van der Waals surface area contributed by atoms with Gasteiger partial charge in [0, 0.05) is 19.7 Å². The van der Waals surface area contributed by atoms with Crippen molar-refractivity contribution in [3.8, 4) is 0 Å². The van der Waals surface area contributed by atoms with Gasteiger partial charge in [0.25, 0.3) is 0 Å². The predicted molar refractivity (Wildman–Crippen MR) is 151 cm³/mol. The summed E-state index contributed by atoms with van der Waals surface area (Å²) >= 11 is 0. The Labute approximate surface area is 225 Å². The molecule has 1 fully saturated rings. The normalized spacial score (nSPS) is 19.6. The molecule has 0 radical (unpaired) electrons. The third-order valence-electron chi connectivity index (χ3n) is 7.39. The van der Waals surface area contributed by atoms with Crippen LogP contribution < -0.4 is 5.32 Å². The lowest BCUT2D eigenvalue weighted by molar-refractivity contribution is 0.00249. The standard InChI is InChI=1S/C29H50N2O5Si/c1-28(2,3)35-27(33)31(7)21-24(34-26(32)30-20-22-15-11-10-12-16-22)19-23-17-13-14-18-25(23)36-37(8,9)29(4,5)6/h10-12,15-16,23-25H,13-14,17-21H2,1-9H3,(H,30,32)/t23-,24?,25+/m0/s1. The number of carbonyl (C=O) groups excluding carboxylic acids is 2. The molecule has 0 aromatic heterocycles. The van der Waals surface area contributed by atoms with Crippen molar-refractivity contribution in [3.63, 3.8) is 0 Å². The summed E-state index contributed by atoms with van der Waals surface area (Å²) in [7, 11) is -0.257. The van der Waals surface area contributed by atoms with Gasteiger partial charge in [-0.1, -0.05) is 63.9 Å². The summed E-state index contributed by atoms with van der Waals surface area (Å²) in [6.45, 7) is 17.5. The molecule has 0 heterocycles. The zero-order valence-electron chi connectivity index (χ0n) is 24.6. The van der Waals surface area contributed by atoms with E-state index >= 15 is 0 Å². The van der Waals surface area contributed by atoms with E-state index < -0.39 is 32.2 Å². The first-order valence-corrected chi connectivity index (χ1v) is 16.6. The molecule has 8 heteroatoms. The summed E-state index contributed by atoms with van der Waals surface area (Å²) in [6, 6.07) is 9.73. The lowest BCUT2D eigenvalue weighted by Gasteiger charge is -2.43. The van der Waals surface area contributed by atoms with Gasteiger partial charge in [0.2, 0.25) is 0 Å². The van der Waals surface area contributed by atoms with Gasteiger partial charge in [0.05, 0.1) is 6.54 Å². The second kappa shape index (κ2) is 13.1. The molecular weight excluding hydrogens is 484 g/mol. The molecule has 0 bridgehead atoms. The first kappa shape index (κ1) is 31.2. The van der Waals surface area contributed by atoms with Gasteiger partial charge in [-0.3, -0.25) is 0 Å². The molecule has 1 N–H and O–H groups in total. The first-order chi connectivity index (χ1) is 17.1. The minimum absolute atomic E-state index is 0.124. The molecule has 210 valence electrons. The zero-order chi connectivity index (χ0) is 27.9. The average molecular weight is 535 g/mol. The van der Waals surface area contributed by atoms with E-state index in [0.29, 0.717) is 13.0 Å². The first-order valence-electron chi connectivity index (χ1n) is 13.7. The molecule has 7 nitrogen and oxygen atoms in total. The second-order valence-electron chi connectivity index (χ2n) is 12.9. The van der Waals surface area contributed by atoms with E-state index in [4.69, 9.17) is 13.9 Å². The zero-order valence-corrected chi connectivity index (χ0v) is 25.6. The molecule has 1 saturated carbocycles. The van der Waals surface area contributed by atoms with Crippen LogP contribution in [0.15, 0.2) is 30.3 Å². The second-order valence-corrected chi connectivity index (χ2v) is 17.7. The molecule has 1 aromatic carbocycles. The highest BCUT2D eigenvalue weighted by Crippen LogP contribution is 2.41. The van der Waals surface area contributed by atoms with E-state index in [0.717, 1.165) is 31.2 Å². The molecule has 3 atom stereocenters. The Hall–Kier alpha value is -2.06. The summed E-state index contributed by atoms with van der Waals surface area (Å²) in [5.41, 5.74) is 0.400. The van der Waals surface area contributed by atoms with Crippen molar-refractivity contribution >= 4 is 20.5 Å². The molecule has 0 saturated heterocycles. The van der Waals surface area contributed by atoms with E-state index in [-0.39, 0.29) is 23.6 Å². The molecule has 1 aliphatic rings. The molecular formula is C29H50N2O5Si. The summed E-state index contributed by atoms with van der Waals surface area (Å²) in [4.78, 5) is 27.0. The van der Waals surface area contributed by atoms with Gasteiger partial charge in [0.1, 0.15) is 11.7 Å². The van der Waals surface area contributed by atoms with Crippen molar-refractivity contribution in [2.45, 2.75) is 116 Å². The number of amides is 2. The number of nitrogens with zero attached hydrogens (tertiary/aromatic N) is 1. The molecule has 2 rings (SSSR count). The van der Waals surface area contributed by atoms with Crippen LogP contribution in [0.1, 0.15) is 79.2 Å². The fourth-order valence-corrected chi connectivity index (χ4v) is 5.75. The number of rotatable bonds is 9. The Kier molecular flexibility index (Phi) is 11.1. The fourth-order valence-electron chi connectivity index (χ4n) is 4.33. The van der Waals surface area contributed by atoms with Crippen molar-refractivity contribution in [1.82, 2.24) is 10.2 Å². The number of nitrogens with one attached hydrogen (secondary N) is 1. The Morgan fingerprint density at radius 2 is 1.68 bits per heavy atom. The minimum Gasteiger partial charge on any atom is -0.444 e. The summed E-state index contributed by atoms with van der Waals surface area (Å²) in [5, 5.41) is 2.98. The van der Waals surface area contributed by atoms with Gasteiger partial charge in [-0.2, -0.15) is 0 Å². The van der Waals surface area contributed by atoms with Gasteiger partial charge in [-0.25, -0.2) is 9.59 Å². The van der Waals surface area contributed by atoms with Gasteiger partial charge < -0.3 is 24.1 Å². The highest BCUT2D eigenvalue weighted by molar-refractivity contribution is 6.74. The summed E-state index contributed by atoms with van der Waals surface area (Å²) in [5.74, 6) is 0.266. The largest absolute Gasteiger partial charge is 0.444 e. The lowest BCUT2D eigenvalue weighted by Crippen LogP contribution is -2.48. The van der Waals surface area contributed by atoms with E-state index in [9.17, 15) is 9.59 Å². The van der Waals surface area contributed by atoms with Crippen molar-refractivity contribution in [2.75, 3.05) is 13.6 Å². The Balaban J connectivity index is 2.13. The topological polar surface area (TPSA) is 77.1 Å². The smallest absolute Gasteiger partial charge is 0.410 e. The number of hydrogen-bond donors (Lipinski definition) is 1. The number of carbonyl (C=O) groups is 2. The number of ether oxygens (including phenoxy) is 2. The van der Waals surface area contributed by atoms with Crippen molar-refractivity contribution < 1.29 is 23.5 Å². The van der Waals surface area contributed by atoms with Crippen LogP contribution in [0, 0.1) is 5.92 Å². The number of likely N-dealkylation sites (N-methyl/N-ethyl adjacent to an activating group) is 1. The Morgan fingerprint density at radius 1 is 1.05 bits per heavy atom. The van der Waals surface area contributed by atoms with Crippen LogP contribution >= 0.6 is 0 Å². The van der Waals surface area contributed by atoms with Crippen LogP contribution in [0.2, 0.25) is 18.1 Å². The maximum absolute atomic E-state index is 12.8. The molecule has 2 amide bonds. The van der Waals surface area contributed by atoms with Gasteiger partial charge >= 0.3 is 12.2 Å². The van der Waals surface area contributed by atoms with Crippen LogP contribution in [0.3, 0.4) is 0 Å². The quantitative estimate of drug-likeness (QED) is 0.341. The third kappa shape index (κ3) is 10.7. The molecule has 0 spiro atoms. The SMILES string of the molecule is CN(CC(C[C@@H]1CCCC[C@H]1O[Si](C)(C)C(C)(C)C)OC(=O)NCc1ccccc1)C(=O)OC(C)(C)C. The molecule has 1 unspecified atom stereocenters. The summed E-state index contributed by atoms with van der Waals surface area (Å²) in [6.07, 6.45) is 3.74. The minimum atomic E-state index is -1.95. The Morgan fingerprint density at radius 3 is 2.27 bits per heavy atom. The van der Waals surface area contributed by atoms with Crippen LogP contribution in [-0.4, -0.2) is 56.8 Å². The number of hydrogen-bond acceptors (Lipinski definition) is 5. The van der Waals surface area contributed by atoms with Gasteiger partial charge in [-0.15, -0.1) is 0 Å². The van der Waals surface area contributed by atoms with E-state index in [1.807, 2.05) is 51.1 Å². The van der Waals surface area contributed by atoms with E-state index in [2.05, 4.69) is 39.2 Å². The molecule has 37 heavy (non-hydrogen) atoms. The maximum Gasteiger partial charge on any atom is 0.410 e. The van der Waals surface area contributed by atoms with Gasteiger partial charge in [-0.05, 0) is 69.6 Å². The Bertz CT molecular complexity index is 863. The van der Waals surface area contributed by atoms with Crippen LogP contribution in [-0.2, 0) is 20.4 Å². The monoisotopic (exact) mass is 534 g/mol. The fraction of sp³-hybridized carbons (Fsp3) is 0.724. The highest BCUT2D eigenvalue weighted by Gasteiger charge is 2.42. The van der Waals surface area contributed by atoms with Crippen LogP contribution in [0.25, 0.3) is 0 Å². The summed E-state index contributed by atoms with van der Waals surface area (Å²) < 4.78 is 18.3. The molecule has 1 aliphatic carbocycles. The predicted octanol–water partition coefficient (Wildman–Crippen LogP) is 7.12. The van der Waals surface area contributed by atoms with E-state index in [1.54, 1.807) is 7.05 Å². The molecule has 1 aromatic rings. The highest BCUT2D eigenvalue weighted by atomic mass is 28.4. The molecule has 0 aliphatic heterocycles. The van der Waals surface area contributed by atoms with Crippen LogP contribution in [0.4, 0.5) is 9.59 Å². The van der Waals surface area contributed by atoms with Crippen LogP contribution in [0.5, 0.6) is 0 Å². The number of benzene rings is 1. The maximum atomic E-state index is 12.8. The lowest BCUT2D eigenvalue weighted by atomic mass is 9.83. The van der Waals surface area contributed by atoms with Gasteiger partial charge in [0.15, 0.2) is 8.32 Å². The average Bonchev–Trinajstić information content (AvgIpc) is 2.77.